The number of amides is 1. The van der Waals surface area contributed by atoms with Gasteiger partial charge in [-0.25, -0.2) is 5.43 Å². The van der Waals surface area contributed by atoms with Crippen LogP contribution in [0, 0.1) is 23.7 Å². The van der Waals surface area contributed by atoms with Gasteiger partial charge in [0, 0.05) is 16.3 Å². The van der Waals surface area contributed by atoms with Crippen molar-refractivity contribution in [1.82, 2.24) is 5.43 Å². The van der Waals surface area contributed by atoms with Crippen molar-refractivity contribution in [1.29, 1.82) is 0 Å². The molecule has 21 heavy (non-hydrogen) atoms. The lowest BCUT2D eigenvalue weighted by Crippen LogP contribution is -2.46. The summed E-state index contributed by atoms with van der Waals surface area (Å²) in [5.41, 5.74) is 4.61. The van der Waals surface area contributed by atoms with E-state index in [0.29, 0.717) is 22.4 Å². The Hall–Kier alpha value is -1.35. The predicted molar refractivity (Wildman–Crippen MR) is 83.4 cm³/mol. The number of nitrogens with one attached hydrogen (secondary N) is 1. The van der Waals surface area contributed by atoms with Gasteiger partial charge in [0.2, 0.25) is 0 Å². The number of hydrazone groups is 1. The summed E-state index contributed by atoms with van der Waals surface area (Å²) in [6.45, 7) is 0. The van der Waals surface area contributed by atoms with Gasteiger partial charge in [-0.05, 0) is 80.0 Å². The molecule has 3 nitrogen and oxygen atoms in total. The van der Waals surface area contributed by atoms with E-state index >= 15 is 0 Å². The minimum absolute atomic E-state index is 0.145. The summed E-state index contributed by atoms with van der Waals surface area (Å²) in [4.78, 5) is 12.1. The molecule has 0 saturated heterocycles. The summed E-state index contributed by atoms with van der Waals surface area (Å²) in [5, 5.41) is 5.14. The molecule has 1 amide bonds. The molecular weight excluding hydrogens is 284 g/mol. The van der Waals surface area contributed by atoms with Crippen LogP contribution in [0.5, 0.6) is 0 Å². The highest BCUT2D eigenvalue weighted by atomic mass is 35.5. The number of hydrogen-bond donors (Lipinski definition) is 1. The third-order valence-corrected chi connectivity index (χ3v) is 5.62. The lowest BCUT2D eigenvalue weighted by atomic mass is 9.55. The molecule has 5 rings (SSSR count). The zero-order valence-electron chi connectivity index (χ0n) is 11.9. The fourth-order valence-electron chi connectivity index (χ4n) is 4.63. The van der Waals surface area contributed by atoms with Crippen molar-refractivity contribution in [3.8, 4) is 0 Å². The van der Waals surface area contributed by atoms with Gasteiger partial charge < -0.3 is 0 Å². The Balaban J connectivity index is 1.48. The first-order valence-electron chi connectivity index (χ1n) is 7.82. The molecule has 0 atom stereocenters. The van der Waals surface area contributed by atoms with Crippen LogP contribution in [-0.4, -0.2) is 11.6 Å². The highest BCUT2D eigenvalue weighted by molar-refractivity contribution is 6.30. The molecule has 0 unspecified atom stereocenters. The van der Waals surface area contributed by atoms with Gasteiger partial charge in [-0.15, -0.1) is 0 Å². The molecule has 4 aliphatic rings. The van der Waals surface area contributed by atoms with Crippen molar-refractivity contribution < 1.29 is 4.79 Å². The maximum Gasteiger partial charge on any atom is 0.271 e. The van der Waals surface area contributed by atoms with E-state index in [1.165, 1.54) is 37.8 Å². The summed E-state index contributed by atoms with van der Waals surface area (Å²) < 4.78 is 0. The van der Waals surface area contributed by atoms with E-state index in [4.69, 9.17) is 11.6 Å². The quantitative estimate of drug-likeness (QED) is 0.828. The number of carbonyl (C=O) groups is 1. The zero-order valence-corrected chi connectivity index (χ0v) is 12.6. The van der Waals surface area contributed by atoms with Gasteiger partial charge in [-0.3, -0.25) is 4.79 Å². The molecular formula is C17H19ClN2O. The first-order valence-corrected chi connectivity index (χ1v) is 8.20. The van der Waals surface area contributed by atoms with Gasteiger partial charge in [0.25, 0.3) is 5.91 Å². The molecule has 110 valence electrons. The Morgan fingerprint density at radius 2 is 1.57 bits per heavy atom. The molecule has 1 N–H and O–H groups in total. The number of benzene rings is 1. The largest absolute Gasteiger partial charge is 0.271 e. The standard InChI is InChI=1S/C17H19ClN2O/c18-15-3-1-12(2-4-15)17(21)20-19-16-13-6-10-5-11(8-13)9-14(16)7-10/h1-4,10-11,13-14H,5-9H2,(H,20,21). The third kappa shape index (κ3) is 2.48. The predicted octanol–water partition coefficient (Wildman–Crippen LogP) is 3.88. The summed E-state index contributed by atoms with van der Waals surface area (Å²) in [7, 11) is 0. The van der Waals surface area contributed by atoms with Gasteiger partial charge in [0.05, 0.1) is 0 Å². The Bertz CT molecular complexity index is 563. The molecule has 4 saturated carbocycles. The molecule has 4 fully saturated rings. The Morgan fingerprint density at radius 3 is 2.14 bits per heavy atom. The van der Waals surface area contributed by atoms with Crippen LogP contribution >= 0.6 is 11.6 Å². The second-order valence-corrected chi connectivity index (χ2v) is 7.23. The van der Waals surface area contributed by atoms with Crippen LogP contribution in [-0.2, 0) is 0 Å². The molecule has 0 heterocycles. The Kier molecular flexibility index (Phi) is 3.26. The topological polar surface area (TPSA) is 41.5 Å². The zero-order chi connectivity index (χ0) is 14.4. The van der Waals surface area contributed by atoms with Crippen molar-refractivity contribution >= 4 is 23.2 Å². The van der Waals surface area contributed by atoms with Crippen molar-refractivity contribution in [3.05, 3.63) is 34.9 Å². The van der Waals surface area contributed by atoms with Crippen LogP contribution in [0.25, 0.3) is 0 Å². The van der Waals surface area contributed by atoms with Crippen molar-refractivity contribution in [2.45, 2.75) is 32.1 Å². The number of carbonyl (C=O) groups excluding carboxylic acids is 1. The van der Waals surface area contributed by atoms with Gasteiger partial charge in [0.1, 0.15) is 0 Å². The molecule has 0 radical (unpaired) electrons. The van der Waals surface area contributed by atoms with Gasteiger partial charge in [0.15, 0.2) is 0 Å². The van der Waals surface area contributed by atoms with E-state index in [9.17, 15) is 4.79 Å². The van der Waals surface area contributed by atoms with Crippen LogP contribution in [0.1, 0.15) is 42.5 Å². The van der Waals surface area contributed by atoms with E-state index in [0.717, 1.165) is 11.8 Å². The van der Waals surface area contributed by atoms with E-state index in [2.05, 4.69) is 10.5 Å². The van der Waals surface area contributed by atoms with Crippen LogP contribution in [0.15, 0.2) is 29.4 Å². The molecule has 0 aliphatic heterocycles. The molecule has 1 aromatic carbocycles. The normalized spacial score (nSPS) is 33.1. The minimum Gasteiger partial charge on any atom is -0.267 e. The monoisotopic (exact) mass is 302 g/mol. The molecule has 0 spiro atoms. The maximum atomic E-state index is 12.1. The summed E-state index contributed by atoms with van der Waals surface area (Å²) in [6, 6.07) is 6.92. The summed E-state index contributed by atoms with van der Waals surface area (Å²) in [6.07, 6.45) is 6.55. The van der Waals surface area contributed by atoms with E-state index in [-0.39, 0.29) is 5.91 Å². The van der Waals surface area contributed by atoms with Crippen LogP contribution in [0.4, 0.5) is 0 Å². The van der Waals surface area contributed by atoms with Crippen molar-refractivity contribution in [3.63, 3.8) is 0 Å². The Morgan fingerprint density at radius 1 is 1.00 bits per heavy atom. The number of nitrogens with zero attached hydrogens (tertiary/aromatic N) is 1. The second kappa shape index (κ2) is 5.13. The van der Waals surface area contributed by atoms with Gasteiger partial charge in [-0.2, -0.15) is 5.10 Å². The van der Waals surface area contributed by atoms with Gasteiger partial charge >= 0.3 is 0 Å². The number of hydrogen-bond acceptors (Lipinski definition) is 2. The SMILES string of the molecule is O=C(NN=C1C2CC3CC(C2)CC1C3)c1ccc(Cl)cc1. The van der Waals surface area contributed by atoms with Crippen LogP contribution in [0.3, 0.4) is 0 Å². The lowest BCUT2D eigenvalue weighted by Gasteiger charge is -2.50. The number of halogens is 1. The molecule has 4 heteroatoms. The first kappa shape index (κ1) is 13.3. The van der Waals surface area contributed by atoms with E-state index in [1.54, 1.807) is 24.3 Å². The summed E-state index contributed by atoms with van der Waals surface area (Å²) >= 11 is 5.84. The summed E-state index contributed by atoms with van der Waals surface area (Å²) in [5.74, 6) is 2.92. The number of rotatable bonds is 2. The van der Waals surface area contributed by atoms with Crippen molar-refractivity contribution in [2.24, 2.45) is 28.8 Å². The van der Waals surface area contributed by atoms with Gasteiger partial charge in [-0.1, -0.05) is 11.6 Å². The molecule has 1 aromatic rings. The first-order chi connectivity index (χ1) is 10.2. The second-order valence-electron chi connectivity index (χ2n) is 6.79. The highest BCUT2D eigenvalue weighted by Crippen LogP contribution is 2.52. The average Bonchev–Trinajstić information content (AvgIpc) is 2.46. The average molecular weight is 303 g/mol. The fraction of sp³-hybridized carbons (Fsp3) is 0.529. The molecule has 4 bridgehead atoms. The third-order valence-electron chi connectivity index (χ3n) is 5.37. The minimum atomic E-state index is -0.145. The van der Waals surface area contributed by atoms with E-state index in [1.807, 2.05) is 0 Å². The van der Waals surface area contributed by atoms with E-state index < -0.39 is 0 Å². The smallest absolute Gasteiger partial charge is 0.267 e. The maximum absolute atomic E-state index is 12.1. The lowest BCUT2D eigenvalue weighted by molar-refractivity contribution is 0.0942. The Labute approximate surface area is 129 Å². The highest BCUT2D eigenvalue weighted by Gasteiger charge is 2.46. The molecule has 4 aliphatic carbocycles. The van der Waals surface area contributed by atoms with Crippen LogP contribution in [0.2, 0.25) is 5.02 Å². The van der Waals surface area contributed by atoms with Crippen LogP contribution < -0.4 is 5.43 Å². The van der Waals surface area contributed by atoms with Crippen molar-refractivity contribution in [2.75, 3.05) is 0 Å². The fourth-order valence-corrected chi connectivity index (χ4v) is 4.76. The molecule has 0 aromatic heterocycles.